The zero-order valence-corrected chi connectivity index (χ0v) is 11.2. The maximum absolute atomic E-state index is 12.9. The highest BCUT2D eigenvalue weighted by atomic mass is 35.5. The van der Waals surface area contributed by atoms with Crippen LogP contribution in [0.5, 0.6) is 0 Å². The van der Waals surface area contributed by atoms with Gasteiger partial charge in [-0.25, -0.2) is 9.18 Å². The Morgan fingerprint density at radius 1 is 1.53 bits per heavy atom. The number of rotatable bonds is 4. The number of halogens is 3. The van der Waals surface area contributed by atoms with E-state index >= 15 is 0 Å². The molecular weight excluding hydrogens is 298 g/mol. The molecule has 0 aromatic heterocycles. The van der Waals surface area contributed by atoms with Gasteiger partial charge < -0.3 is 9.84 Å². The van der Waals surface area contributed by atoms with Crippen LogP contribution in [0.3, 0.4) is 0 Å². The van der Waals surface area contributed by atoms with Gasteiger partial charge in [0.15, 0.2) is 0 Å². The molecule has 1 aromatic rings. The number of carbonyl (C=O) groups excluding carboxylic acids is 1. The highest BCUT2D eigenvalue weighted by Crippen LogP contribution is 2.22. The lowest BCUT2D eigenvalue weighted by atomic mass is 10.3. The highest BCUT2D eigenvalue weighted by Gasteiger charge is 2.15. The van der Waals surface area contributed by atoms with Crippen molar-refractivity contribution in [2.75, 3.05) is 13.0 Å². The van der Waals surface area contributed by atoms with E-state index in [1.807, 2.05) is 0 Å². The number of alkyl halides is 1. The van der Waals surface area contributed by atoms with Gasteiger partial charge in [-0.1, -0.05) is 11.6 Å². The smallest absolute Gasteiger partial charge is 0.362 e. The van der Waals surface area contributed by atoms with Gasteiger partial charge >= 0.3 is 5.97 Å². The minimum atomic E-state index is -0.893. The van der Waals surface area contributed by atoms with Gasteiger partial charge in [0.2, 0.25) is 5.70 Å². The summed E-state index contributed by atoms with van der Waals surface area (Å²) in [5, 5.41) is 16.4. The molecule has 0 radical (unpaired) electrons. The largest absolute Gasteiger partial charge is 0.508 e. The van der Waals surface area contributed by atoms with Crippen molar-refractivity contribution >= 4 is 34.9 Å². The van der Waals surface area contributed by atoms with Crippen LogP contribution in [0.15, 0.2) is 39.9 Å². The molecule has 1 N–H and O–H groups in total. The van der Waals surface area contributed by atoms with Crippen LogP contribution in [0, 0.1) is 5.82 Å². The zero-order chi connectivity index (χ0) is 14.4. The van der Waals surface area contributed by atoms with E-state index in [1.165, 1.54) is 12.1 Å². The van der Waals surface area contributed by atoms with Gasteiger partial charge in [0.25, 0.3) is 0 Å². The number of nitrogens with zero attached hydrogens (tertiary/aromatic N) is 2. The predicted molar refractivity (Wildman–Crippen MR) is 68.3 cm³/mol. The van der Waals surface area contributed by atoms with E-state index in [-0.39, 0.29) is 16.6 Å². The van der Waals surface area contributed by atoms with E-state index in [1.54, 1.807) is 0 Å². The Morgan fingerprint density at radius 3 is 2.74 bits per heavy atom. The molecule has 19 heavy (non-hydrogen) atoms. The van der Waals surface area contributed by atoms with Gasteiger partial charge in [-0.15, -0.1) is 16.7 Å². The summed E-state index contributed by atoms with van der Waals surface area (Å²) in [6, 6.07) is 3.62. The van der Waals surface area contributed by atoms with Crippen LogP contribution in [0.1, 0.15) is 0 Å². The summed E-state index contributed by atoms with van der Waals surface area (Å²) in [6.45, 7) is 0. The summed E-state index contributed by atoms with van der Waals surface area (Å²) in [6.07, 6.45) is 0. The van der Waals surface area contributed by atoms with Gasteiger partial charge in [-0.05, 0) is 18.2 Å². The number of methoxy groups -OCH3 is 1. The molecule has 0 unspecified atom stereocenters. The van der Waals surface area contributed by atoms with Crippen LogP contribution in [-0.4, -0.2) is 24.1 Å². The van der Waals surface area contributed by atoms with Gasteiger partial charge in [-0.2, -0.15) is 5.11 Å². The third-order valence-electron chi connectivity index (χ3n) is 1.95. The Kier molecular flexibility index (Phi) is 5.72. The molecule has 1 rings (SSSR count). The van der Waals surface area contributed by atoms with Crippen molar-refractivity contribution in [3.8, 4) is 0 Å². The standard InChI is InChI=1S/C11H9Cl2FN2O3/c1-19-11(18)10(9(17)5-12)16-15-6-2-3-8(14)7(13)4-6/h2-4,17H,5H2,1H3. The van der Waals surface area contributed by atoms with Crippen LogP contribution in [0.4, 0.5) is 10.1 Å². The highest BCUT2D eigenvalue weighted by molar-refractivity contribution is 6.31. The van der Waals surface area contributed by atoms with Crippen LogP contribution in [0.25, 0.3) is 0 Å². The third kappa shape index (κ3) is 4.18. The average Bonchev–Trinajstić information content (AvgIpc) is 2.42. The molecule has 0 aliphatic heterocycles. The molecule has 0 saturated heterocycles. The fourth-order valence-corrected chi connectivity index (χ4v) is 1.33. The fourth-order valence-electron chi connectivity index (χ4n) is 1.03. The normalized spacial score (nSPS) is 12.4. The first kappa shape index (κ1) is 15.4. The Bertz CT molecular complexity index is 547. The first-order valence-electron chi connectivity index (χ1n) is 4.92. The van der Waals surface area contributed by atoms with Gasteiger partial charge in [-0.3, -0.25) is 0 Å². The lowest BCUT2D eigenvalue weighted by Gasteiger charge is -2.01. The number of hydrogen-bond donors (Lipinski definition) is 1. The molecule has 0 atom stereocenters. The summed E-state index contributed by atoms with van der Waals surface area (Å²) in [7, 11) is 1.12. The zero-order valence-electron chi connectivity index (χ0n) is 9.73. The van der Waals surface area contributed by atoms with E-state index in [9.17, 15) is 14.3 Å². The molecule has 0 aliphatic rings. The van der Waals surface area contributed by atoms with E-state index in [0.29, 0.717) is 0 Å². The Morgan fingerprint density at radius 2 is 2.21 bits per heavy atom. The molecule has 1 aromatic carbocycles. The second kappa shape index (κ2) is 7.06. The maximum Gasteiger partial charge on any atom is 0.362 e. The molecule has 0 fully saturated rings. The topological polar surface area (TPSA) is 71.2 Å². The van der Waals surface area contributed by atoms with Crippen LogP contribution < -0.4 is 0 Å². The average molecular weight is 307 g/mol. The molecule has 0 heterocycles. The van der Waals surface area contributed by atoms with Crippen molar-refractivity contribution in [1.82, 2.24) is 0 Å². The number of esters is 1. The number of allylic oxidation sites excluding steroid dienone is 1. The van der Waals surface area contributed by atoms with Crippen LogP contribution in [0.2, 0.25) is 5.02 Å². The van der Waals surface area contributed by atoms with Crippen LogP contribution >= 0.6 is 23.2 Å². The van der Waals surface area contributed by atoms with Crippen molar-refractivity contribution in [2.45, 2.75) is 0 Å². The van der Waals surface area contributed by atoms with E-state index in [4.69, 9.17) is 23.2 Å². The Labute approximate surface area is 118 Å². The van der Waals surface area contributed by atoms with E-state index in [2.05, 4.69) is 15.0 Å². The second-order valence-corrected chi connectivity index (χ2v) is 3.89. The number of benzene rings is 1. The summed E-state index contributed by atoms with van der Waals surface area (Å²) < 4.78 is 17.3. The molecule has 0 aliphatic carbocycles. The van der Waals surface area contributed by atoms with E-state index in [0.717, 1.165) is 13.2 Å². The molecule has 5 nitrogen and oxygen atoms in total. The third-order valence-corrected chi connectivity index (χ3v) is 2.49. The lowest BCUT2D eigenvalue weighted by molar-refractivity contribution is -0.136. The van der Waals surface area contributed by atoms with Crippen molar-refractivity contribution < 1.29 is 19.0 Å². The second-order valence-electron chi connectivity index (χ2n) is 3.22. The SMILES string of the molecule is COC(=O)C(N=Nc1ccc(F)c(Cl)c1)=C(O)CCl. The number of hydrogen-bond acceptors (Lipinski definition) is 5. The molecule has 8 heteroatoms. The fraction of sp³-hybridized carbons (Fsp3) is 0.182. The first-order valence-corrected chi connectivity index (χ1v) is 5.84. The van der Waals surface area contributed by atoms with Gasteiger partial charge in [0.05, 0.1) is 23.7 Å². The number of azo groups is 1. The van der Waals surface area contributed by atoms with Crippen molar-refractivity contribution in [2.24, 2.45) is 10.2 Å². The van der Waals surface area contributed by atoms with Crippen molar-refractivity contribution in [1.29, 1.82) is 0 Å². The number of ether oxygens (including phenoxy) is 1. The van der Waals surface area contributed by atoms with Crippen molar-refractivity contribution in [3.63, 3.8) is 0 Å². The first-order chi connectivity index (χ1) is 8.99. The molecular formula is C11H9Cl2FN2O3. The minimum absolute atomic E-state index is 0.137. The van der Waals surface area contributed by atoms with Gasteiger partial charge in [0, 0.05) is 0 Å². The minimum Gasteiger partial charge on any atom is -0.508 e. The monoisotopic (exact) mass is 306 g/mol. The molecule has 0 amide bonds. The molecule has 0 spiro atoms. The molecule has 102 valence electrons. The number of carbonyl (C=O) groups is 1. The predicted octanol–water partition coefficient (Wildman–Crippen LogP) is 3.74. The summed E-state index contributed by atoms with van der Waals surface area (Å²) in [5.74, 6) is -2.30. The van der Waals surface area contributed by atoms with E-state index < -0.39 is 23.2 Å². The van der Waals surface area contributed by atoms with Crippen molar-refractivity contribution in [3.05, 3.63) is 40.5 Å². The summed E-state index contributed by atoms with van der Waals surface area (Å²) in [5.41, 5.74) is -0.229. The maximum atomic E-state index is 12.9. The summed E-state index contributed by atoms with van der Waals surface area (Å²) in [4.78, 5) is 11.3. The quantitative estimate of drug-likeness (QED) is 0.303. The Balaban J connectivity index is 3.05. The summed E-state index contributed by atoms with van der Waals surface area (Å²) >= 11 is 10.9. The lowest BCUT2D eigenvalue weighted by Crippen LogP contribution is -2.06. The molecule has 0 saturated carbocycles. The number of aliphatic hydroxyl groups is 1. The molecule has 0 bridgehead atoms. The van der Waals surface area contributed by atoms with Crippen LogP contribution in [-0.2, 0) is 9.53 Å². The van der Waals surface area contributed by atoms with Gasteiger partial charge in [0.1, 0.15) is 11.6 Å². The Hall–Kier alpha value is -1.66. The number of aliphatic hydroxyl groups excluding tert-OH is 1.